The lowest BCUT2D eigenvalue weighted by molar-refractivity contribution is -0.134. The first-order valence-electron chi connectivity index (χ1n) is 8.85. The van der Waals surface area contributed by atoms with E-state index in [1.807, 2.05) is 11.6 Å². The van der Waals surface area contributed by atoms with E-state index in [0.29, 0.717) is 19.6 Å². The first kappa shape index (κ1) is 17.4. The molecule has 2 saturated carbocycles. The van der Waals surface area contributed by atoms with Gasteiger partial charge in [-0.1, -0.05) is 12.8 Å². The number of hydrogen-bond donors (Lipinski definition) is 2. The Morgan fingerprint density at radius 1 is 1.46 bits per heavy atom. The summed E-state index contributed by atoms with van der Waals surface area (Å²) in [5, 5.41) is 21.5. The third-order valence-corrected chi connectivity index (χ3v) is 5.76. The molecule has 2 N–H and O–H groups in total. The molecule has 0 aromatic carbocycles. The molecule has 0 unspecified atom stereocenters. The Bertz CT molecular complexity index is 568. The van der Waals surface area contributed by atoms with Crippen LogP contribution in [0.3, 0.4) is 0 Å². The summed E-state index contributed by atoms with van der Waals surface area (Å²) in [5.41, 5.74) is -0.374. The molecule has 1 heterocycles. The van der Waals surface area contributed by atoms with Gasteiger partial charge < -0.3 is 19.7 Å². The van der Waals surface area contributed by atoms with Gasteiger partial charge >= 0.3 is 0 Å². The summed E-state index contributed by atoms with van der Waals surface area (Å²) in [4.78, 5) is 12.7. The van der Waals surface area contributed by atoms with Crippen molar-refractivity contribution in [2.75, 3.05) is 20.3 Å². The van der Waals surface area contributed by atoms with E-state index in [2.05, 4.69) is 15.5 Å². The highest BCUT2D eigenvalue weighted by Gasteiger charge is 2.42. The lowest BCUT2D eigenvalue weighted by atomic mass is 9.86. The molecule has 7 heteroatoms. The molecule has 24 heavy (non-hydrogen) atoms. The largest absolute Gasteiger partial charge is 0.393 e. The predicted molar refractivity (Wildman–Crippen MR) is 88.3 cm³/mol. The molecule has 134 valence electrons. The molecule has 3 atom stereocenters. The minimum atomic E-state index is -0.408. The van der Waals surface area contributed by atoms with Gasteiger partial charge in [0, 0.05) is 32.5 Å². The molecule has 0 bridgehead atoms. The summed E-state index contributed by atoms with van der Waals surface area (Å²) in [6.45, 7) is 0.993. The average molecular weight is 336 g/mol. The van der Waals surface area contributed by atoms with E-state index >= 15 is 0 Å². The summed E-state index contributed by atoms with van der Waals surface area (Å²) in [6.07, 6.45) is 6.72. The van der Waals surface area contributed by atoms with E-state index in [4.69, 9.17) is 4.74 Å². The molecular weight excluding hydrogens is 308 g/mol. The van der Waals surface area contributed by atoms with E-state index in [1.54, 1.807) is 13.4 Å². The van der Waals surface area contributed by atoms with Crippen LogP contribution in [0.1, 0.15) is 50.3 Å². The lowest BCUT2D eigenvalue weighted by Gasteiger charge is -2.27. The highest BCUT2D eigenvalue weighted by atomic mass is 16.5. The second kappa shape index (κ2) is 7.19. The normalized spacial score (nSPS) is 29.0. The van der Waals surface area contributed by atoms with Crippen LogP contribution in [0.4, 0.5) is 0 Å². The molecule has 3 rings (SSSR count). The number of amides is 1. The molecule has 1 aromatic heterocycles. The van der Waals surface area contributed by atoms with Gasteiger partial charge in [-0.3, -0.25) is 4.79 Å². The van der Waals surface area contributed by atoms with Gasteiger partial charge in [-0.2, -0.15) is 0 Å². The Balaban J connectivity index is 1.56. The lowest BCUT2D eigenvalue weighted by Crippen LogP contribution is -2.44. The second-order valence-electron chi connectivity index (χ2n) is 7.43. The van der Waals surface area contributed by atoms with E-state index in [1.165, 1.54) is 0 Å². The van der Waals surface area contributed by atoms with Gasteiger partial charge in [0.2, 0.25) is 5.91 Å². The number of nitrogens with one attached hydrogen (secondary N) is 1. The predicted octanol–water partition coefficient (Wildman–Crippen LogP) is 0.993. The van der Waals surface area contributed by atoms with E-state index in [9.17, 15) is 9.90 Å². The number of hydrogen-bond acceptors (Lipinski definition) is 5. The zero-order valence-corrected chi connectivity index (χ0v) is 14.6. The number of ether oxygens (including phenoxy) is 1. The van der Waals surface area contributed by atoms with E-state index in [0.717, 1.165) is 37.9 Å². The van der Waals surface area contributed by atoms with Gasteiger partial charge in [0.1, 0.15) is 12.2 Å². The SMILES string of the molecule is COCC1(C(=O)NC[C@H]2C[C@H](c3nncn3C)C[C@H]2O)CCCC1. The van der Waals surface area contributed by atoms with Crippen molar-refractivity contribution in [3.8, 4) is 0 Å². The summed E-state index contributed by atoms with van der Waals surface area (Å²) in [5.74, 6) is 1.26. The van der Waals surface area contributed by atoms with Crippen LogP contribution in [-0.4, -0.2) is 52.1 Å². The van der Waals surface area contributed by atoms with Crippen molar-refractivity contribution >= 4 is 5.91 Å². The molecule has 2 fully saturated rings. The van der Waals surface area contributed by atoms with E-state index < -0.39 is 6.10 Å². The summed E-state index contributed by atoms with van der Waals surface area (Å²) >= 11 is 0. The first-order chi connectivity index (χ1) is 11.6. The summed E-state index contributed by atoms with van der Waals surface area (Å²) < 4.78 is 7.20. The second-order valence-corrected chi connectivity index (χ2v) is 7.43. The molecular formula is C17H28N4O3. The monoisotopic (exact) mass is 336 g/mol. The molecule has 0 aliphatic heterocycles. The molecule has 0 radical (unpaired) electrons. The van der Waals surface area contributed by atoms with Crippen molar-refractivity contribution in [3.05, 3.63) is 12.2 Å². The molecule has 0 saturated heterocycles. The maximum absolute atomic E-state index is 12.7. The van der Waals surface area contributed by atoms with Gasteiger partial charge in [-0.05, 0) is 25.7 Å². The van der Waals surface area contributed by atoms with Crippen molar-refractivity contribution < 1.29 is 14.6 Å². The number of aryl methyl sites for hydroxylation is 1. The summed E-state index contributed by atoms with van der Waals surface area (Å²) in [6, 6.07) is 0. The van der Waals surface area contributed by atoms with Gasteiger partial charge in [0.25, 0.3) is 0 Å². The van der Waals surface area contributed by atoms with Crippen molar-refractivity contribution in [1.29, 1.82) is 0 Å². The van der Waals surface area contributed by atoms with E-state index in [-0.39, 0.29) is 23.2 Å². The Morgan fingerprint density at radius 2 is 2.21 bits per heavy atom. The standard InChI is InChI=1S/C17H28N4O3/c1-21-11-19-20-15(21)12-7-13(14(22)8-12)9-18-16(23)17(10-24-2)5-3-4-6-17/h11-14,22H,3-10H2,1-2H3,(H,18,23)/t12-,13+,14+/m0/s1. The Morgan fingerprint density at radius 3 is 2.83 bits per heavy atom. The quantitative estimate of drug-likeness (QED) is 0.809. The number of aromatic nitrogens is 3. The number of aliphatic hydroxyl groups excluding tert-OH is 1. The zero-order valence-electron chi connectivity index (χ0n) is 14.6. The highest BCUT2D eigenvalue weighted by molar-refractivity contribution is 5.83. The van der Waals surface area contributed by atoms with Gasteiger partial charge in [0.15, 0.2) is 0 Å². The molecule has 7 nitrogen and oxygen atoms in total. The number of carbonyl (C=O) groups is 1. The van der Waals surface area contributed by atoms with Gasteiger partial charge in [-0.15, -0.1) is 10.2 Å². The number of rotatable bonds is 6. The number of nitrogens with zero attached hydrogens (tertiary/aromatic N) is 3. The molecule has 1 aromatic rings. The van der Waals surface area contributed by atoms with Crippen LogP contribution >= 0.6 is 0 Å². The topological polar surface area (TPSA) is 89.3 Å². The minimum absolute atomic E-state index is 0.0663. The third kappa shape index (κ3) is 3.32. The fraction of sp³-hybridized carbons (Fsp3) is 0.824. The van der Waals surface area contributed by atoms with Crippen LogP contribution < -0.4 is 5.32 Å². The minimum Gasteiger partial charge on any atom is -0.393 e. The first-order valence-corrected chi connectivity index (χ1v) is 8.85. The maximum atomic E-state index is 12.7. The number of aliphatic hydroxyl groups is 1. The van der Waals surface area contributed by atoms with Gasteiger partial charge in [0.05, 0.1) is 18.1 Å². The highest BCUT2D eigenvalue weighted by Crippen LogP contribution is 2.40. The fourth-order valence-corrected chi connectivity index (χ4v) is 4.37. The Hall–Kier alpha value is -1.47. The number of methoxy groups -OCH3 is 1. The van der Waals surface area contributed by atoms with Crippen LogP contribution in [0, 0.1) is 11.3 Å². The zero-order chi connectivity index (χ0) is 17.2. The number of carbonyl (C=O) groups excluding carboxylic acids is 1. The Kier molecular flexibility index (Phi) is 5.20. The molecule has 2 aliphatic carbocycles. The third-order valence-electron chi connectivity index (χ3n) is 5.76. The van der Waals surface area contributed by atoms with Crippen LogP contribution in [-0.2, 0) is 16.6 Å². The molecule has 1 amide bonds. The van der Waals surface area contributed by atoms with Crippen molar-refractivity contribution in [2.45, 2.75) is 50.5 Å². The van der Waals surface area contributed by atoms with Crippen LogP contribution in [0.2, 0.25) is 0 Å². The van der Waals surface area contributed by atoms with Gasteiger partial charge in [-0.25, -0.2) is 0 Å². The molecule has 2 aliphatic rings. The van der Waals surface area contributed by atoms with Crippen LogP contribution in [0.5, 0.6) is 0 Å². The Labute approximate surface area is 142 Å². The van der Waals surface area contributed by atoms with Crippen LogP contribution in [0.25, 0.3) is 0 Å². The fourth-order valence-electron chi connectivity index (χ4n) is 4.37. The average Bonchev–Trinajstić information content (AvgIpc) is 3.26. The van der Waals surface area contributed by atoms with Crippen molar-refractivity contribution in [3.63, 3.8) is 0 Å². The van der Waals surface area contributed by atoms with Crippen LogP contribution in [0.15, 0.2) is 6.33 Å². The van der Waals surface area contributed by atoms with Crippen molar-refractivity contribution in [1.82, 2.24) is 20.1 Å². The molecule has 0 spiro atoms. The smallest absolute Gasteiger partial charge is 0.228 e. The summed E-state index contributed by atoms with van der Waals surface area (Å²) in [7, 11) is 3.57. The van der Waals surface area contributed by atoms with Crippen molar-refractivity contribution in [2.24, 2.45) is 18.4 Å². The maximum Gasteiger partial charge on any atom is 0.228 e.